The summed E-state index contributed by atoms with van der Waals surface area (Å²) in [4.78, 5) is 8.52. The van der Waals surface area contributed by atoms with Gasteiger partial charge in [0.05, 0.1) is 0 Å². The number of hydrogen-bond donors (Lipinski definition) is 2. The molecule has 2 aromatic heterocycles. The number of thioether (sulfide) groups is 1. The van der Waals surface area contributed by atoms with Gasteiger partial charge in [0.2, 0.25) is 0 Å². The zero-order valence-electron chi connectivity index (χ0n) is 16.9. The fraction of sp³-hybridized carbons (Fsp3) is 0.154. The highest BCUT2D eigenvalue weighted by atomic mass is 32.2. The monoisotopic (exact) mass is 396 g/mol. The van der Waals surface area contributed by atoms with Crippen LogP contribution in [0.15, 0.2) is 77.7 Å². The SMILES string of the molecule is CSc1ccc(C(c2c(C)[nH]c3ccccc23)c2c(C)[nH]c3ccccc23)cc1. The Morgan fingerprint density at radius 3 is 1.62 bits per heavy atom. The Hall–Kier alpha value is -2.91. The largest absolute Gasteiger partial charge is 0.358 e. The van der Waals surface area contributed by atoms with Crippen molar-refractivity contribution in [2.75, 3.05) is 6.26 Å². The second-order valence-electron chi connectivity index (χ2n) is 7.62. The minimum absolute atomic E-state index is 0.165. The highest BCUT2D eigenvalue weighted by Crippen LogP contribution is 2.42. The third kappa shape index (κ3) is 2.97. The van der Waals surface area contributed by atoms with Crippen LogP contribution < -0.4 is 0 Å². The van der Waals surface area contributed by atoms with Gasteiger partial charge < -0.3 is 9.97 Å². The van der Waals surface area contributed by atoms with E-state index in [1.807, 2.05) is 0 Å². The molecule has 0 fully saturated rings. The quantitative estimate of drug-likeness (QED) is 0.310. The lowest BCUT2D eigenvalue weighted by Gasteiger charge is -2.20. The van der Waals surface area contributed by atoms with Gasteiger partial charge in [-0.25, -0.2) is 0 Å². The van der Waals surface area contributed by atoms with E-state index in [1.54, 1.807) is 11.8 Å². The summed E-state index contributed by atoms with van der Waals surface area (Å²) in [5, 5.41) is 2.60. The van der Waals surface area contributed by atoms with E-state index in [2.05, 4.69) is 103 Å². The third-order valence-corrected chi connectivity index (χ3v) is 6.66. The Labute approximate surface area is 175 Å². The molecule has 5 rings (SSSR count). The molecule has 3 heteroatoms. The lowest BCUT2D eigenvalue weighted by molar-refractivity contribution is 0.959. The number of aryl methyl sites for hydroxylation is 2. The number of benzene rings is 3. The number of hydrogen-bond acceptors (Lipinski definition) is 1. The predicted molar refractivity (Wildman–Crippen MR) is 125 cm³/mol. The summed E-state index contributed by atoms with van der Waals surface area (Å²) in [7, 11) is 0. The van der Waals surface area contributed by atoms with Crippen LogP contribution in [0.4, 0.5) is 0 Å². The molecule has 0 saturated heterocycles. The molecule has 0 aliphatic heterocycles. The summed E-state index contributed by atoms with van der Waals surface area (Å²) in [5.41, 5.74) is 8.91. The maximum Gasteiger partial charge on any atom is 0.0459 e. The standard InChI is InChI=1S/C26H24N2S/c1-16-24(20-8-4-6-10-22(20)27-16)26(18-12-14-19(29-3)15-13-18)25-17(2)28-23-11-7-5-9-21(23)25/h4-15,26-28H,1-3H3. The van der Waals surface area contributed by atoms with E-state index in [1.165, 1.54) is 54.8 Å². The molecule has 0 unspecified atom stereocenters. The molecule has 144 valence electrons. The summed E-state index contributed by atoms with van der Waals surface area (Å²) >= 11 is 1.78. The number of para-hydroxylation sites is 2. The van der Waals surface area contributed by atoms with E-state index in [9.17, 15) is 0 Å². The molecule has 3 aromatic carbocycles. The van der Waals surface area contributed by atoms with Gasteiger partial charge in [0.25, 0.3) is 0 Å². The highest BCUT2D eigenvalue weighted by molar-refractivity contribution is 7.98. The summed E-state index contributed by atoms with van der Waals surface area (Å²) in [5.74, 6) is 0.165. The number of aromatic amines is 2. The van der Waals surface area contributed by atoms with E-state index in [0.29, 0.717) is 0 Å². The van der Waals surface area contributed by atoms with Gasteiger partial charge in [-0.15, -0.1) is 11.8 Å². The maximum absolute atomic E-state index is 3.61. The second kappa shape index (κ2) is 7.16. The second-order valence-corrected chi connectivity index (χ2v) is 8.50. The molecule has 0 saturated carbocycles. The zero-order valence-corrected chi connectivity index (χ0v) is 17.7. The Kier molecular flexibility index (Phi) is 4.48. The van der Waals surface area contributed by atoms with Crippen molar-refractivity contribution >= 4 is 33.6 Å². The third-order valence-electron chi connectivity index (χ3n) is 5.91. The minimum atomic E-state index is 0.165. The Balaban J connectivity index is 1.84. The summed E-state index contributed by atoms with van der Waals surface area (Å²) < 4.78 is 0. The van der Waals surface area contributed by atoms with Crippen molar-refractivity contribution < 1.29 is 0 Å². The van der Waals surface area contributed by atoms with Crippen LogP contribution in [0.2, 0.25) is 0 Å². The molecule has 2 nitrogen and oxygen atoms in total. The topological polar surface area (TPSA) is 31.6 Å². The van der Waals surface area contributed by atoms with E-state index >= 15 is 0 Å². The van der Waals surface area contributed by atoms with Crippen molar-refractivity contribution in [3.8, 4) is 0 Å². The molecule has 29 heavy (non-hydrogen) atoms. The number of aromatic nitrogens is 2. The molecule has 0 aliphatic carbocycles. The molecule has 0 amide bonds. The molecule has 2 heterocycles. The first-order valence-corrected chi connectivity index (χ1v) is 11.2. The molecule has 0 atom stereocenters. The Bertz CT molecular complexity index is 1230. The zero-order chi connectivity index (χ0) is 20.0. The van der Waals surface area contributed by atoms with Gasteiger partial charge in [0.1, 0.15) is 0 Å². The van der Waals surface area contributed by atoms with Gasteiger partial charge in [-0.2, -0.15) is 0 Å². The Morgan fingerprint density at radius 2 is 1.14 bits per heavy atom. The highest BCUT2D eigenvalue weighted by Gasteiger charge is 2.26. The van der Waals surface area contributed by atoms with Crippen molar-refractivity contribution in [1.82, 2.24) is 9.97 Å². The normalized spacial score (nSPS) is 11.7. The summed E-state index contributed by atoms with van der Waals surface area (Å²) in [6.45, 7) is 4.39. The van der Waals surface area contributed by atoms with Crippen LogP contribution in [0.5, 0.6) is 0 Å². The number of nitrogens with one attached hydrogen (secondary N) is 2. The predicted octanol–water partition coefficient (Wildman–Crippen LogP) is 7.17. The van der Waals surface area contributed by atoms with Crippen molar-refractivity contribution in [3.63, 3.8) is 0 Å². The van der Waals surface area contributed by atoms with Gasteiger partial charge >= 0.3 is 0 Å². The average molecular weight is 397 g/mol. The summed E-state index contributed by atoms with van der Waals surface area (Å²) in [6.07, 6.45) is 2.13. The van der Waals surface area contributed by atoms with E-state index in [4.69, 9.17) is 0 Å². The number of rotatable bonds is 4. The van der Waals surface area contributed by atoms with Gasteiger partial charge in [0.15, 0.2) is 0 Å². The van der Waals surface area contributed by atoms with Gasteiger partial charge in [-0.1, -0.05) is 48.5 Å². The molecule has 0 spiro atoms. The molecule has 5 aromatic rings. The van der Waals surface area contributed by atoms with Crippen LogP contribution in [-0.2, 0) is 0 Å². The van der Waals surface area contributed by atoms with E-state index in [-0.39, 0.29) is 5.92 Å². The first-order chi connectivity index (χ1) is 14.2. The maximum atomic E-state index is 3.61. The summed E-state index contributed by atoms with van der Waals surface area (Å²) in [6, 6.07) is 26.3. The number of fused-ring (bicyclic) bond motifs is 2. The minimum Gasteiger partial charge on any atom is -0.358 e. The van der Waals surface area contributed by atoms with Crippen molar-refractivity contribution in [1.29, 1.82) is 0 Å². The van der Waals surface area contributed by atoms with Gasteiger partial charge in [-0.05, 0) is 61.1 Å². The molecule has 0 bridgehead atoms. The van der Waals surface area contributed by atoms with Crippen LogP contribution in [0, 0.1) is 13.8 Å². The lowest BCUT2D eigenvalue weighted by Crippen LogP contribution is -2.06. The smallest absolute Gasteiger partial charge is 0.0459 e. The van der Waals surface area contributed by atoms with Crippen molar-refractivity contribution in [2.45, 2.75) is 24.7 Å². The van der Waals surface area contributed by atoms with Crippen LogP contribution >= 0.6 is 11.8 Å². The molecule has 0 aliphatic rings. The fourth-order valence-corrected chi connectivity index (χ4v) is 5.02. The molecular weight excluding hydrogens is 372 g/mol. The number of H-pyrrole nitrogens is 2. The average Bonchev–Trinajstić information content (AvgIpc) is 3.25. The van der Waals surface area contributed by atoms with Crippen LogP contribution in [0.1, 0.15) is 34.0 Å². The van der Waals surface area contributed by atoms with E-state index in [0.717, 1.165) is 0 Å². The lowest BCUT2D eigenvalue weighted by atomic mass is 9.82. The molecular formula is C26H24N2S. The molecule has 2 N–H and O–H groups in total. The van der Waals surface area contributed by atoms with Crippen molar-refractivity contribution in [3.05, 3.63) is 101 Å². The van der Waals surface area contributed by atoms with Gasteiger partial charge in [0, 0.05) is 44.0 Å². The van der Waals surface area contributed by atoms with Crippen LogP contribution in [0.25, 0.3) is 21.8 Å². The first-order valence-electron chi connectivity index (χ1n) is 9.95. The Morgan fingerprint density at radius 1 is 0.655 bits per heavy atom. The first kappa shape index (κ1) is 18.1. The molecule has 0 radical (unpaired) electrons. The van der Waals surface area contributed by atoms with Crippen molar-refractivity contribution in [2.24, 2.45) is 0 Å². The van der Waals surface area contributed by atoms with Gasteiger partial charge in [-0.3, -0.25) is 0 Å². The van der Waals surface area contributed by atoms with E-state index < -0.39 is 0 Å². The van der Waals surface area contributed by atoms with Crippen LogP contribution in [-0.4, -0.2) is 16.2 Å². The fourth-order valence-electron chi connectivity index (χ4n) is 4.61. The van der Waals surface area contributed by atoms with Crippen LogP contribution in [0.3, 0.4) is 0 Å².